The molecule has 0 fully saturated rings. The van der Waals surface area contributed by atoms with Crippen molar-refractivity contribution in [1.82, 2.24) is 5.32 Å². The van der Waals surface area contributed by atoms with Gasteiger partial charge in [-0.05, 0) is 37.6 Å². The highest BCUT2D eigenvalue weighted by Crippen LogP contribution is 2.11. The van der Waals surface area contributed by atoms with Gasteiger partial charge in [0.1, 0.15) is 5.70 Å². The third-order valence-electron chi connectivity index (χ3n) is 3.61. The molecule has 0 aromatic heterocycles. The van der Waals surface area contributed by atoms with Gasteiger partial charge in [-0.15, -0.1) is 0 Å². The molecule has 0 unspecified atom stereocenters. The third kappa shape index (κ3) is 6.43. The molecule has 6 heteroatoms. The van der Waals surface area contributed by atoms with Gasteiger partial charge in [0.05, 0.1) is 0 Å². The summed E-state index contributed by atoms with van der Waals surface area (Å²) in [7, 11) is 0. The number of carbonyl (C=O) groups excluding carboxylic acids is 3. The summed E-state index contributed by atoms with van der Waals surface area (Å²) in [5.41, 5.74) is 2.35. The largest absolute Gasteiger partial charge is 0.448 e. The molecule has 140 valence electrons. The van der Waals surface area contributed by atoms with Crippen LogP contribution in [0.25, 0.3) is 6.08 Å². The number of ether oxygens (including phenoxy) is 1. The fourth-order valence-corrected chi connectivity index (χ4v) is 2.21. The minimum atomic E-state index is -1.04. The molecule has 0 aliphatic rings. The Balaban J connectivity index is 2.06. The molecule has 0 saturated carbocycles. The number of rotatable bonds is 6. The van der Waals surface area contributed by atoms with Gasteiger partial charge in [-0.1, -0.05) is 48.0 Å². The van der Waals surface area contributed by atoms with Gasteiger partial charge >= 0.3 is 5.97 Å². The lowest BCUT2D eigenvalue weighted by molar-refractivity contribution is -0.149. The van der Waals surface area contributed by atoms with Crippen LogP contribution in [0.1, 0.15) is 25.0 Å². The second-order valence-electron chi connectivity index (χ2n) is 6.05. The van der Waals surface area contributed by atoms with Crippen LogP contribution in [0.2, 0.25) is 0 Å². The van der Waals surface area contributed by atoms with Gasteiger partial charge < -0.3 is 15.4 Å². The molecule has 1 atom stereocenters. The topological polar surface area (TPSA) is 84.5 Å². The highest BCUT2D eigenvalue weighted by molar-refractivity contribution is 6.00. The lowest BCUT2D eigenvalue weighted by Gasteiger charge is -2.15. The standard InChI is InChI=1S/C21H22N2O4/c1-14-9-11-18(12-10-14)23-20(25)15(2)27-21(26)19(22-16(3)24)13-17-7-5-4-6-8-17/h4-13,15H,1-3H3,(H,22,24)(H,23,25)/b19-13-/t15-/m1/s1. The molecule has 27 heavy (non-hydrogen) atoms. The van der Waals surface area contributed by atoms with Crippen molar-refractivity contribution in [3.8, 4) is 0 Å². The summed E-state index contributed by atoms with van der Waals surface area (Å²) in [6.07, 6.45) is 0.459. The molecule has 0 bridgehead atoms. The van der Waals surface area contributed by atoms with E-state index in [1.807, 2.05) is 25.1 Å². The summed E-state index contributed by atoms with van der Waals surface area (Å²) < 4.78 is 5.21. The Labute approximate surface area is 158 Å². The molecule has 2 rings (SSSR count). The number of aryl methyl sites for hydroxylation is 1. The van der Waals surface area contributed by atoms with Crippen molar-refractivity contribution in [2.45, 2.75) is 26.9 Å². The SMILES string of the molecule is CC(=O)N/C(=C\c1ccccc1)C(=O)O[C@H](C)C(=O)Nc1ccc(C)cc1. The molecule has 0 radical (unpaired) electrons. The summed E-state index contributed by atoms with van der Waals surface area (Å²) in [6.45, 7) is 4.70. The van der Waals surface area contributed by atoms with Gasteiger partial charge in [-0.2, -0.15) is 0 Å². The zero-order valence-electron chi connectivity index (χ0n) is 15.5. The van der Waals surface area contributed by atoms with Crippen LogP contribution in [0.3, 0.4) is 0 Å². The maximum absolute atomic E-state index is 12.4. The summed E-state index contributed by atoms with van der Waals surface area (Å²) >= 11 is 0. The molecule has 2 amide bonds. The Morgan fingerprint density at radius 1 is 1.00 bits per heavy atom. The average Bonchev–Trinajstić information content (AvgIpc) is 2.63. The number of benzene rings is 2. The number of hydrogen-bond acceptors (Lipinski definition) is 4. The number of hydrogen-bond donors (Lipinski definition) is 2. The molecule has 2 N–H and O–H groups in total. The summed E-state index contributed by atoms with van der Waals surface area (Å²) in [6, 6.07) is 16.3. The van der Waals surface area contributed by atoms with Crippen LogP contribution in [-0.4, -0.2) is 23.9 Å². The Hall–Kier alpha value is -3.41. The first kappa shape index (κ1) is 19.9. The van der Waals surface area contributed by atoms with Crippen molar-refractivity contribution < 1.29 is 19.1 Å². The lowest BCUT2D eigenvalue weighted by atomic mass is 10.2. The molecule has 0 heterocycles. The van der Waals surface area contributed by atoms with Crippen LogP contribution in [0.5, 0.6) is 0 Å². The Morgan fingerprint density at radius 2 is 1.63 bits per heavy atom. The lowest BCUT2D eigenvalue weighted by Crippen LogP contribution is -2.33. The molecule has 6 nitrogen and oxygen atoms in total. The summed E-state index contributed by atoms with van der Waals surface area (Å²) in [5.74, 6) is -1.67. The van der Waals surface area contributed by atoms with Crippen LogP contribution in [-0.2, 0) is 19.1 Å². The average molecular weight is 366 g/mol. The highest BCUT2D eigenvalue weighted by atomic mass is 16.5. The molecular formula is C21H22N2O4. The van der Waals surface area contributed by atoms with Crippen LogP contribution in [0.15, 0.2) is 60.3 Å². The minimum absolute atomic E-state index is 0.0383. The number of nitrogens with one attached hydrogen (secondary N) is 2. The molecule has 0 aliphatic heterocycles. The Morgan fingerprint density at radius 3 is 2.22 bits per heavy atom. The predicted octanol–water partition coefficient (Wildman–Crippen LogP) is 3.04. The fraction of sp³-hybridized carbons (Fsp3) is 0.190. The van der Waals surface area contributed by atoms with Gasteiger partial charge in [0.25, 0.3) is 5.91 Å². The van der Waals surface area contributed by atoms with Crippen molar-refractivity contribution >= 4 is 29.5 Å². The minimum Gasteiger partial charge on any atom is -0.448 e. The van der Waals surface area contributed by atoms with Crippen molar-refractivity contribution in [2.24, 2.45) is 0 Å². The first-order valence-electron chi connectivity index (χ1n) is 8.48. The molecular weight excluding hydrogens is 344 g/mol. The summed E-state index contributed by atoms with van der Waals surface area (Å²) in [4.78, 5) is 36.0. The van der Waals surface area contributed by atoms with Gasteiger partial charge in [-0.3, -0.25) is 9.59 Å². The molecule has 0 spiro atoms. The van der Waals surface area contributed by atoms with E-state index in [-0.39, 0.29) is 5.70 Å². The second kappa shape index (κ2) is 9.33. The smallest absolute Gasteiger partial charge is 0.355 e. The van der Waals surface area contributed by atoms with Crippen LogP contribution < -0.4 is 10.6 Å². The zero-order chi connectivity index (χ0) is 19.8. The quantitative estimate of drug-likeness (QED) is 0.608. The summed E-state index contributed by atoms with van der Waals surface area (Å²) in [5, 5.41) is 5.12. The number of amides is 2. The van der Waals surface area contributed by atoms with Crippen LogP contribution in [0.4, 0.5) is 5.69 Å². The molecule has 0 saturated heterocycles. The second-order valence-corrected chi connectivity index (χ2v) is 6.05. The van der Waals surface area contributed by atoms with Crippen molar-refractivity contribution in [1.29, 1.82) is 0 Å². The van der Waals surface area contributed by atoms with Crippen molar-refractivity contribution in [3.63, 3.8) is 0 Å². The number of esters is 1. The van der Waals surface area contributed by atoms with Crippen LogP contribution in [0, 0.1) is 6.92 Å². The van der Waals surface area contributed by atoms with E-state index in [4.69, 9.17) is 4.74 Å². The molecule has 0 aliphatic carbocycles. The van der Waals surface area contributed by atoms with E-state index in [1.54, 1.807) is 36.4 Å². The maximum atomic E-state index is 12.4. The van der Waals surface area contributed by atoms with E-state index in [1.165, 1.54) is 19.9 Å². The molecule has 2 aromatic carbocycles. The van der Waals surface area contributed by atoms with E-state index in [0.717, 1.165) is 11.1 Å². The van der Waals surface area contributed by atoms with Gasteiger partial charge in [0.15, 0.2) is 6.10 Å². The van der Waals surface area contributed by atoms with Crippen molar-refractivity contribution in [3.05, 3.63) is 71.4 Å². The zero-order valence-corrected chi connectivity index (χ0v) is 15.5. The first-order chi connectivity index (χ1) is 12.8. The van der Waals surface area contributed by atoms with Crippen LogP contribution >= 0.6 is 0 Å². The van der Waals surface area contributed by atoms with E-state index in [2.05, 4.69) is 10.6 Å². The van der Waals surface area contributed by atoms with Gasteiger partial charge in [0, 0.05) is 12.6 Å². The van der Waals surface area contributed by atoms with E-state index in [0.29, 0.717) is 5.69 Å². The normalized spacial score (nSPS) is 12.0. The Bertz CT molecular complexity index is 842. The molecule has 2 aromatic rings. The predicted molar refractivity (Wildman–Crippen MR) is 104 cm³/mol. The first-order valence-corrected chi connectivity index (χ1v) is 8.48. The Kier molecular flexibility index (Phi) is 6.88. The van der Waals surface area contributed by atoms with Crippen molar-refractivity contribution in [2.75, 3.05) is 5.32 Å². The van der Waals surface area contributed by atoms with E-state index in [9.17, 15) is 14.4 Å². The highest BCUT2D eigenvalue weighted by Gasteiger charge is 2.21. The number of anilines is 1. The van der Waals surface area contributed by atoms with Gasteiger partial charge in [-0.25, -0.2) is 4.79 Å². The monoisotopic (exact) mass is 366 g/mol. The fourth-order valence-electron chi connectivity index (χ4n) is 2.21. The van der Waals surface area contributed by atoms with E-state index < -0.39 is 23.9 Å². The third-order valence-corrected chi connectivity index (χ3v) is 3.61. The number of carbonyl (C=O) groups is 3. The van der Waals surface area contributed by atoms with E-state index >= 15 is 0 Å². The maximum Gasteiger partial charge on any atom is 0.355 e. The van der Waals surface area contributed by atoms with Gasteiger partial charge in [0.2, 0.25) is 5.91 Å².